The molecule has 1 unspecified atom stereocenters. The van der Waals surface area contributed by atoms with Gasteiger partial charge in [0.1, 0.15) is 6.10 Å². The highest BCUT2D eigenvalue weighted by molar-refractivity contribution is 5.46. The minimum absolute atomic E-state index is 0.00222. The highest BCUT2D eigenvalue weighted by Gasteiger charge is 2.36. The predicted molar refractivity (Wildman–Crippen MR) is 110 cm³/mol. The van der Waals surface area contributed by atoms with Crippen molar-refractivity contribution in [1.82, 2.24) is 4.57 Å². The highest BCUT2D eigenvalue weighted by atomic mass is 16.6. The standard InChI is InChI=1S/C23H22N2O4/c1-23(2)14-17-10-11-18(25(27)28)13-20(17)21(29-23)19-9-6-12-24(22(19)26)15-16-7-4-3-5-8-16/h3-13,21H,14-15H2,1-2H3. The van der Waals surface area contributed by atoms with E-state index >= 15 is 0 Å². The average molecular weight is 390 g/mol. The molecular formula is C23H22N2O4. The number of aromatic nitrogens is 1. The van der Waals surface area contributed by atoms with E-state index in [0.29, 0.717) is 24.1 Å². The predicted octanol–water partition coefficient (Wildman–Crippen LogP) is 4.25. The van der Waals surface area contributed by atoms with E-state index in [0.717, 1.165) is 11.1 Å². The van der Waals surface area contributed by atoms with Gasteiger partial charge in [0.25, 0.3) is 11.2 Å². The number of hydrogen-bond donors (Lipinski definition) is 0. The summed E-state index contributed by atoms with van der Waals surface area (Å²) in [6.07, 6.45) is 1.73. The SMILES string of the molecule is CC1(C)Cc2ccc([N+](=O)[O-])cc2C(c2cccn(Cc3ccccc3)c2=O)O1. The zero-order valence-electron chi connectivity index (χ0n) is 16.4. The van der Waals surface area contributed by atoms with Crippen molar-refractivity contribution < 1.29 is 9.66 Å². The monoisotopic (exact) mass is 390 g/mol. The molecule has 0 saturated heterocycles. The fourth-order valence-corrected chi connectivity index (χ4v) is 3.87. The van der Waals surface area contributed by atoms with Crippen LogP contribution in [0.5, 0.6) is 0 Å². The van der Waals surface area contributed by atoms with E-state index in [1.54, 1.807) is 22.9 Å². The molecule has 29 heavy (non-hydrogen) atoms. The lowest BCUT2D eigenvalue weighted by Crippen LogP contribution is -2.37. The maximum atomic E-state index is 13.3. The first-order chi connectivity index (χ1) is 13.8. The first-order valence-corrected chi connectivity index (χ1v) is 9.52. The lowest BCUT2D eigenvalue weighted by atomic mass is 9.86. The van der Waals surface area contributed by atoms with Crippen molar-refractivity contribution in [1.29, 1.82) is 0 Å². The third-order valence-corrected chi connectivity index (χ3v) is 5.20. The summed E-state index contributed by atoms with van der Waals surface area (Å²) >= 11 is 0. The Bertz CT molecular complexity index is 1120. The largest absolute Gasteiger partial charge is 0.362 e. The minimum atomic E-state index is -0.649. The van der Waals surface area contributed by atoms with Crippen molar-refractivity contribution in [2.45, 2.75) is 38.5 Å². The van der Waals surface area contributed by atoms with E-state index in [2.05, 4.69) is 0 Å². The molecule has 1 aliphatic rings. The second kappa shape index (κ2) is 7.29. The van der Waals surface area contributed by atoms with E-state index in [4.69, 9.17) is 4.74 Å². The van der Waals surface area contributed by atoms with Crippen molar-refractivity contribution in [3.63, 3.8) is 0 Å². The Kier molecular flexibility index (Phi) is 4.80. The number of pyridine rings is 1. The van der Waals surface area contributed by atoms with Crippen LogP contribution in [0, 0.1) is 10.1 Å². The number of nitro benzene ring substituents is 1. The molecule has 1 atom stereocenters. The molecule has 0 bridgehead atoms. The number of benzene rings is 2. The number of nitro groups is 1. The Morgan fingerprint density at radius 1 is 1.10 bits per heavy atom. The molecule has 0 amide bonds. The van der Waals surface area contributed by atoms with Crippen LogP contribution in [-0.2, 0) is 17.7 Å². The highest BCUT2D eigenvalue weighted by Crippen LogP contribution is 2.40. The third kappa shape index (κ3) is 3.84. The number of fused-ring (bicyclic) bond motifs is 1. The van der Waals surface area contributed by atoms with E-state index in [1.807, 2.05) is 50.2 Å². The van der Waals surface area contributed by atoms with Gasteiger partial charge in [0.2, 0.25) is 0 Å². The molecule has 0 spiro atoms. The Balaban J connectivity index is 1.80. The van der Waals surface area contributed by atoms with E-state index in [9.17, 15) is 14.9 Å². The van der Waals surface area contributed by atoms with Crippen LogP contribution in [-0.4, -0.2) is 15.1 Å². The zero-order chi connectivity index (χ0) is 20.6. The van der Waals surface area contributed by atoms with E-state index in [1.165, 1.54) is 12.1 Å². The van der Waals surface area contributed by atoms with Crippen LogP contribution in [0.3, 0.4) is 0 Å². The maximum absolute atomic E-state index is 13.3. The summed E-state index contributed by atoms with van der Waals surface area (Å²) < 4.78 is 7.92. The second-order valence-corrected chi connectivity index (χ2v) is 7.96. The summed E-state index contributed by atoms with van der Waals surface area (Å²) in [5.41, 5.74) is 2.52. The molecule has 6 nitrogen and oxygen atoms in total. The fraction of sp³-hybridized carbons (Fsp3) is 0.261. The fourth-order valence-electron chi connectivity index (χ4n) is 3.87. The van der Waals surface area contributed by atoms with Crippen LogP contribution in [0.15, 0.2) is 71.7 Å². The lowest BCUT2D eigenvalue weighted by Gasteiger charge is -2.37. The van der Waals surface area contributed by atoms with Gasteiger partial charge >= 0.3 is 0 Å². The van der Waals surface area contributed by atoms with E-state index < -0.39 is 16.6 Å². The van der Waals surface area contributed by atoms with Crippen LogP contribution in [0.4, 0.5) is 5.69 Å². The van der Waals surface area contributed by atoms with Gasteiger partial charge < -0.3 is 9.30 Å². The van der Waals surface area contributed by atoms with Crippen LogP contribution in [0.2, 0.25) is 0 Å². The number of nitrogens with zero attached hydrogens (tertiary/aromatic N) is 2. The van der Waals surface area contributed by atoms with Crippen LogP contribution >= 0.6 is 0 Å². The molecule has 0 radical (unpaired) electrons. The van der Waals surface area contributed by atoms with Crippen LogP contribution in [0.25, 0.3) is 0 Å². The minimum Gasteiger partial charge on any atom is -0.362 e. The molecule has 4 rings (SSSR count). The van der Waals surface area contributed by atoms with Crippen LogP contribution < -0.4 is 5.56 Å². The molecule has 0 saturated carbocycles. The Morgan fingerprint density at radius 2 is 1.86 bits per heavy atom. The Labute approximate surface area is 168 Å². The van der Waals surface area contributed by atoms with Gasteiger partial charge in [-0.2, -0.15) is 0 Å². The molecule has 2 aromatic carbocycles. The van der Waals surface area contributed by atoms with Crippen molar-refractivity contribution in [2.24, 2.45) is 0 Å². The van der Waals surface area contributed by atoms with E-state index in [-0.39, 0.29) is 11.2 Å². The van der Waals surface area contributed by atoms with Gasteiger partial charge in [0.15, 0.2) is 0 Å². The summed E-state index contributed by atoms with van der Waals surface area (Å²) in [7, 11) is 0. The normalized spacial score (nSPS) is 17.5. The molecule has 148 valence electrons. The lowest BCUT2D eigenvalue weighted by molar-refractivity contribution is -0.385. The first-order valence-electron chi connectivity index (χ1n) is 9.52. The van der Waals surface area contributed by atoms with Gasteiger partial charge in [0.05, 0.1) is 22.6 Å². The smallest absolute Gasteiger partial charge is 0.269 e. The van der Waals surface area contributed by atoms with Gasteiger partial charge in [-0.05, 0) is 42.7 Å². The Morgan fingerprint density at radius 3 is 2.59 bits per heavy atom. The summed E-state index contributed by atoms with van der Waals surface area (Å²) in [6, 6.07) is 18.1. The number of rotatable bonds is 4. The summed E-state index contributed by atoms with van der Waals surface area (Å²) in [4.78, 5) is 24.1. The average Bonchev–Trinajstić information content (AvgIpc) is 2.69. The maximum Gasteiger partial charge on any atom is 0.269 e. The molecule has 0 N–H and O–H groups in total. The topological polar surface area (TPSA) is 74.4 Å². The molecule has 0 fully saturated rings. The molecule has 6 heteroatoms. The van der Waals surface area contributed by atoms with Crippen molar-refractivity contribution in [2.75, 3.05) is 0 Å². The quantitative estimate of drug-likeness (QED) is 0.493. The van der Waals surface area contributed by atoms with Crippen molar-refractivity contribution >= 4 is 5.69 Å². The van der Waals surface area contributed by atoms with Gasteiger partial charge in [-0.25, -0.2) is 0 Å². The first kappa shape index (κ1) is 19.1. The number of hydrogen-bond acceptors (Lipinski definition) is 4. The summed E-state index contributed by atoms with van der Waals surface area (Å²) in [6.45, 7) is 4.39. The number of non-ortho nitro benzene ring substituents is 1. The summed E-state index contributed by atoms with van der Waals surface area (Å²) in [5, 5.41) is 11.3. The van der Waals surface area contributed by atoms with Crippen molar-refractivity contribution in [3.8, 4) is 0 Å². The molecule has 1 aromatic heterocycles. The van der Waals surface area contributed by atoms with Gasteiger partial charge in [-0.3, -0.25) is 14.9 Å². The van der Waals surface area contributed by atoms with Crippen molar-refractivity contribution in [3.05, 3.63) is 110 Å². The number of ether oxygens (including phenoxy) is 1. The van der Waals surface area contributed by atoms with Gasteiger partial charge in [-0.15, -0.1) is 0 Å². The summed E-state index contributed by atoms with van der Waals surface area (Å²) in [5.74, 6) is 0. The molecule has 2 heterocycles. The van der Waals surface area contributed by atoms with Gasteiger partial charge in [-0.1, -0.05) is 36.4 Å². The van der Waals surface area contributed by atoms with Crippen LogP contribution in [0.1, 0.15) is 42.2 Å². The molecule has 1 aliphatic heterocycles. The Hall–Kier alpha value is -3.25. The molecule has 3 aromatic rings. The zero-order valence-corrected chi connectivity index (χ0v) is 16.4. The third-order valence-electron chi connectivity index (χ3n) is 5.20. The van der Waals surface area contributed by atoms with Gasteiger partial charge in [0, 0.05) is 24.8 Å². The molecular weight excluding hydrogens is 368 g/mol. The molecule has 0 aliphatic carbocycles. The second-order valence-electron chi connectivity index (χ2n) is 7.96.